The molecule has 1 aliphatic heterocycles. The average molecular weight is 365 g/mol. The minimum atomic E-state index is -0.926. The van der Waals surface area contributed by atoms with Crippen LogP contribution in [0, 0.1) is 17.6 Å². The normalized spacial score (nSPS) is 25.5. The predicted molar refractivity (Wildman–Crippen MR) is 90.2 cm³/mol. The maximum Gasteiger partial charge on any atom is 0.325 e. The Balaban J connectivity index is 1.65. The average Bonchev–Trinajstić information content (AvgIpc) is 2.82. The number of urea groups is 1. The quantitative estimate of drug-likeness (QED) is 0.806. The molecular formula is C18H21F2N3O3. The zero-order valence-electron chi connectivity index (χ0n) is 14.5. The van der Waals surface area contributed by atoms with E-state index in [0.29, 0.717) is 24.8 Å². The van der Waals surface area contributed by atoms with Gasteiger partial charge < -0.3 is 10.6 Å². The van der Waals surface area contributed by atoms with E-state index >= 15 is 0 Å². The fourth-order valence-corrected chi connectivity index (χ4v) is 3.66. The minimum Gasteiger partial charge on any atom is -0.323 e. The van der Waals surface area contributed by atoms with Gasteiger partial charge in [0.15, 0.2) is 0 Å². The van der Waals surface area contributed by atoms with Gasteiger partial charge in [-0.15, -0.1) is 0 Å². The van der Waals surface area contributed by atoms with Crippen LogP contribution in [0.25, 0.3) is 0 Å². The molecular weight excluding hydrogens is 344 g/mol. The van der Waals surface area contributed by atoms with Crippen LogP contribution in [-0.2, 0) is 9.59 Å². The predicted octanol–water partition coefficient (Wildman–Crippen LogP) is 2.79. The van der Waals surface area contributed by atoms with E-state index in [4.69, 9.17) is 0 Å². The van der Waals surface area contributed by atoms with Crippen molar-refractivity contribution in [3.05, 3.63) is 29.8 Å². The minimum absolute atomic E-state index is 0.207. The van der Waals surface area contributed by atoms with Crippen LogP contribution in [0.4, 0.5) is 19.3 Å². The third-order valence-electron chi connectivity index (χ3n) is 5.29. The standard InChI is InChI=1S/C18H21F2N3O3/c1-2-11-5-7-18(8-6-11)16(25)23(17(26)22-18)10-15(24)21-14-4-3-12(19)9-13(14)20/h3-4,9,11H,2,5-8,10H2,1H3,(H,21,24)(H,22,26). The summed E-state index contributed by atoms with van der Waals surface area (Å²) in [5.74, 6) is -2.28. The van der Waals surface area contributed by atoms with E-state index in [2.05, 4.69) is 17.6 Å². The van der Waals surface area contributed by atoms with Crippen LogP contribution >= 0.6 is 0 Å². The lowest BCUT2D eigenvalue weighted by Crippen LogP contribution is -2.49. The van der Waals surface area contributed by atoms with Crippen molar-refractivity contribution in [2.75, 3.05) is 11.9 Å². The fourth-order valence-electron chi connectivity index (χ4n) is 3.66. The lowest BCUT2D eigenvalue weighted by Gasteiger charge is -2.34. The molecule has 1 aromatic rings. The molecule has 1 aliphatic carbocycles. The number of anilines is 1. The summed E-state index contributed by atoms with van der Waals surface area (Å²) in [4.78, 5) is 37.9. The Bertz CT molecular complexity index is 745. The monoisotopic (exact) mass is 365 g/mol. The van der Waals surface area contributed by atoms with Crippen LogP contribution in [0.2, 0.25) is 0 Å². The van der Waals surface area contributed by atoms with Gasteiger partial charge in [-0.05, 0) is 43.7 Å². The van der Waals surface area contributed by atoms with E-state index in [1.807, 2.05) is 0 Å². The SMILES string of the molecule is CCC1CCC2(CC1)NC(=O)N(CC(=O)Nc1ccc(F)cc1F)C2=O. The molecule has 6 nitrogen and oxygen atoms in total. The van der Waals surface area contributed by atoms with Gasteiger partial charge in [0.25, 0.3) is 5.91 Å². The van der Waals surface area contributed by atoms with E-state index in [9.17, 15) is 23.2 Å². The highest BCUT2D eigenvalue weighted by Crippen LogP contribution is 2.37. The molecule has 2 N–H and O–H groups in total. The number of amides is 4. The van der Waals surface area contributed by atoms with Crippen LogP contribution in [-0.4, -0.2) is 34.8 Å². The van der Waals surface area contributed by atoms with Gasteiger partial charge in [-0.2, -0.15) is 0 Å². The molecule has 26 heavy (non-hydrogen) atoms. The number of rotatable bonds is 4. The highest BCUT2D eigenvalue weighted by molar-refractivity contribution is 6.10. The molecule has 0 bridgehead atoms. The molecule has 140 valence electrons. The van der Waals surface area contributed by atoms with Crippen molar-refractivity contribution in [1.82, 2.24) is 10.2 Å². The zero-order chi connectivity index (χ0) is 18.9. The first-order valence-electron chi connectivity index (χ1n) is 8.73. The zero-order valence-corrected chi connectivity index (χ0v) is 14.5. The summed E-state index contributed by atoms with van der Waals surface area (Å²) in [5, 5.41) is 4.99. The van der Waals surface area contributed by atoms with Crippen molar-refractivity contribution < 1.29 is 23.2 Å². The molecule has 3 rings (SSSR count). The van der Waals surface area contributed by atoms with Crippen LogP contribution < -0.4 is 10.6 Å². The van der Waals surface area contributed by atoms with Crippen molar-refractivity contribution in [3.8, 4) is 0 Å². The van der Waals surface area contributed by atoms with Gasteiger partial charge in [-0.25, -0.2) is 13.6 Å². The Morgan fingerprint density at radius 2 is 2.00 bits per heavy atom. The molecule has 0 radical (unpaired) electrons. The van der Waals surface area contributed by atoms with Crippen molar-refractivity contribution in [3.63, 3.8) is 0 Å². The first-order chi connectivity index (χ1) is 12.3. The summed E-state index contributed by atoms with van der Waals surface area (Å²) in [6.07, 6.45) is 3.85. The molecule has 8 heteroatoms. The third-order valence-corrected chi connectivity index (χ3v) is 5.29. The summed E-state index contributed by atoms with van der Waals surface area (Å²) < 4.78 is 26.5. The number of carbonyl (C=O) groups is 3. The van der Waals surface area contributed by atoms with Crippen LogP contribution in [0.15, 0.2) is 18.2 Å². The summed E-state index contributed by atoms with van der Waals surface area (Å²) in [5.41, 5.74) is -1.13. The van der Waals surface area contributed by atoms with E-state index < -0.39 is 41.6 Å². The lowest BCUT2D eigenvalue weighted by molar-refractivity contribution is -0.135. The molecule has 1 aromatic carbocycles. The maximum atomic E-state index is 13.6. The number of halogens is 2. The highest BCUT2D eigenvalue weighted by atomic mass is 19.1. The molecule has 1 saturated heterocycles. The van der Waals surface area contributed by atoms with Gasteiger partial charge in [0.1, 0.15) is 23.7 Å². The van der Waals surface area contributed by atoms with Crippen LogP contribution in [0.1, 0.15) is 39.0 Å². The van der Waals surface area contributed by atoms with Crippen LogP contribution in [0.3, 0.4) is 0 Å². The van der Waals surface area contributed by atoms with Gasteiger partial charge in [-0.1, -0.05) is 13.3 Å². The van der Waals surface area contributed by atoms with Crippen molar-refractivity contribution in [2.45, 2.75) is 44.6 Å². The molecule has 1 heterocycles. The molecule has 1 spiro atoms. The number of nitrogens with zero attached hydrogens (tertiary/aromatic N) is 1. The van der Waals surface area contributed by atoms with Crippen LogP contribution in [0.5, 0.6) is 0 Å². The molecule has 4 amide bonds. The van der Waals surface area contributed by atoms with Gasteiger partial charge in [-0.3, -0.25) is 14.5 Å². The van der Waals surface area contributed by atoms with Gasteiger partial charge in [0.05, 0.1) is 5.69 Å². The molecule has 0 aromatic heterocycles. The number of carbonyl (C=O) groups excluding carboxylic acids is 3. The largest absolute Gasteiger partial charge is 0.325 e. The molecule has 0 atom stereocenters. The molecule has 2 aliphatic rings. The number of benzene rings is 1. The smallest absolute Gasteiger partial charge is 0.323 e. The van der Waals surface area contributed by atoms with E-state index in [1.165, 1.54) is 0 Å². The first-order valence-corrected chi connectivity index (χ1v) is 8.73. The molecule has 0 unspecified atom stereocenters. The third kappa shape index (κ3) is 3.40. The summed E-state index contributed by atoms with van der Waals surface area (Å²) in [6.45, 7) is 1.59. The maximum absolute atomic E-state index is 13.6. The van der Waals surface area contributed by atoms with Gasteiger partial charge >= 0.3 is 6.03 Å². The van der Waals surface area contributed by atoms with Crippen molar-refractivity contribution in [2.24, 2.45) is 5.92 Å². The Kier molecular flexibility index (Phi) is 4.93. The summed E-state index contributed by atoms with van der Waals surface area (Å²) in [7, 11) is 0. The van der Waals surface area contributed by atoms with E-state index in [1.54, 1.807) is 0 Å². The second-order valence-corrected chi connectivity index (χ2v) is 6.93. The molecule has 2 fully saturated rings. The van der Waals surface area contributed by atoms with Gasteiger partial charge in [0.2, 0.25) is 5.91 Å². The Morgan fingerprint density at radius 1 is 1.31 bits per heavy atom. The molecule has 1 saturated carbocycles. The Labute approximate surface area is 149 Å². The number of hydrogen-bond acceptors (Lipinski definition) is 3. The first kappa shape index (κ1) is 18.3. The van der Waals surface area contributed by atoms with Crippen molar-refractivity contribution >= 4 is 23.5 Å². The van der Waals surface area contributed by atoms with Gasteiger partial charge in [0, 0.05) is 6.07 Å². The second-order valence-electron chi connectivity index (χ2n) is 6.93. The van der Waals surface area contributed by atoms with E-state index in [-0.39, 0.29) is 5.69 Å². The lowest BCUT2D eigenvalue weighted by atomic mass is 9.75. The summed E-state index contributed by atoms with van der Waals surface area (Å²) >= 11 is 0. The summed E-state index contributed by atoms with van der Waals surface area (Å²) in [6, 6.07) is 2.12. The fraction of sp³-hybridized carbons (Fsp3) is 0.500. The number of nitrogens with one attached hydrogen (secondary N) is 2. The Morgan fingerprint density at radius 3 is 2.62 bits per heavy atom. The number of imide groups is 1. The number of hydrogen-bond donors (Lipinski definition) is 2. The van der Waals surface area contributed by atoms with Crippen molar-refractivity contribution in [1.29, 1.82) is 0 Å². The van der Waals surface area contributed by atoms with E-state index in [0.717, 1.165) is 36.3 Å². The Hall–Kier alpha value is -2.51. The second kappa shape index (κ2) is 7.01. The highest BCUT2D eigenvalue weighted by Gasteiger charge is 2.52. The topological polar surface area (TPSA) is 78.5 Å².